The number of amidine groups is 1. The molecule has 0 aliphatic carbocycles. The van der Waals surface area contributed by atoms with E-state index in [-0.39, 0.29) is 12.6 Å². The van der Waals surface area contributed by atoms with Gasteiger partial charge in [-0.3, -0.25) is 5.41 Å². The van der Waals surface area contributed by atoms with Gasteiger partial charge in [0, 0.05) is 18.3 Å². The molecule has 22 heavy (non-hydrogen) atoms. The molecule has 1 aromatic heterocycles. The molecule has 4 N–H and O–H groups in total. The third-order valence-corrected chi connectivity index (χ3v) is 4.30. The second-order valence-corrected chi connectivity index (χ2v) is 6.17. The minimum Gasteiger partial charge on any atom is -0.395 e. The number of benzene rings is 1. The number of hydrogen-bond donors (Lipinski definition) is 4. The van der Waals surface area contributed by atoms with Gasteiger partial charge in [-0.05, 0) is 35.6 Å². The maximum absolute atomic E-state index is 9.31. The number of nitrogens with one attached hydrogen (secondary N) is 3. The van der Waals surface area contributed by atoms with Gasteiger partial charge in [0.1, 0.15) is 5.84 Å². The van der Waals surface area contributed by atoms with Gasteiger partial charge in [0.25, 0.3) is 0 Å². The first-order valence-electron chi connectivity index (χ1n) is 7.55. The molecule has 0 saturated heterocycles. The van der Waals surface area contributed by atoms with Crippen LogP contribution in [-0.2, 0) is 6.54 Å². The quantitative estimate of drug-likeness (QED) is 0.445. The zero-order valence-electron chi connectivity index (χ0n) is 12.8. The number of rotatable bonds is 8. The summed E-state index contributed by atoms with van der Waals surface area (Å²) in [4.78, 5) is 0.923. The molecule has 0 spiro atoms. The summed E-state index contributed by atoms with van der Waals surface area (Å²) in [5, 5.41) is 25.8. The molecule has 1 unspecified atom stereocenters. The van der Waals surface area contributed by atoms with Crippen LogP contribution >= 0.6 is 11.3 Å². The fourth-order valence-electron chi connectivity index (χ4n) is 2.25. The van der Waals surface area contributed by atoms with Crippen molar-refractivity contribution >= 4 is 22.9 Å². The van der Waals surface area contributed by atoms with E-state index in [4.69, 9.17) is 5.41 Å². The third kappa shape index (κ3) is 4.94. The Balaban J connectivity index is 1.93. The van der Waals surface area contributed by atoms with Gasteiger partial charge in [-0.2, -0.15) is 0 Å². The molecule has 118 valence electrons. The first kappa shape index (κ1) is 16.7. The Morgan fingerprint density at radius 2 is 2.18 bits per heavy atom. The van der Waals surface area contributed by atoms with Crippen molar-refractivity contribution in [2.45, 2.75) is 32.4 Å². The lowest BCUT2D eigenvalue weighted by atomic mass is 10.1. The Morgan fingerprint density at radius 1 is 1.32 bits per heavy atom. The van der Waals surface area contributed by atoms with Gasteiger partial charge in [-0.1, -0.05) is 31.5 Å². The molecule has 2 rings (SSSR count). The standard InChI is InChI=1S/C17H23N3OS/c1-2-5-15(12-21)19-11-13-6-3-7-14(10-13)20-17(18)16-8-4-9-22-16/h3-4,6-10,15,19,21H,2,5,11-12H2,1H3,(H2,18,20). The highest BCUT2D eigenvalue weighted by Crippen LogP contribution is 2.15. The number of thiophene rings is 1. The number of aliphatic hydroxyl groups is 1. The zero-order chi connectivity index (χ0) is 15.8. The number of anilines is 1. The van der Waals surface area contributed by atoms with Crippen LogP contribution in [0.2, 0.25) is 0 Å². The molecule has 0 aliphatic heterocycles. The first-order valence-corrected chi connectivity index (χ1v) is 8.43. The second-order valence-electron chi connectivity index (χ2n) is 5.23. The Hall–Kier alpha value is -1.69. The van der Waals surface area contributed by atoms with E-state index in [1.807, 2.05) is 41.8 Å². The predicted molar refractivity (Wildman–Crippen MR) is 93.8 cm³/mol. The van der Waals surface area contributed by atoms with Crippen molar-refractivity contribution in [3.63, 3.8) is 0 Å². The molecule has 0 fully saturated rings. The molecule has 0 bridgehead atoms. The van der Waals surface area contributed by atoms with Crippen molar-refractivity contribution < 1.29 is 5.11 Å². The molecule has 0 radical (unpaired) electrons. The van der Waals surface area contributed by atoms with Crippen molar-refractivity contribution in [1.82, 2.24) is 5.32 Å². The maximum atomic E-state index is 9.31. The van der Waals surface area contributed by atoms with Gasteiger partial charge in [0.15, 0.2) is 0 Å². The summed E-state index contributed by atoms with van der Waals surface area (Å²) in [6.07, 6.45) is 2.02. The second kappa shape index (κ2) is 8.68. The summed E-state index contributed by atoms with van der Waals surface area (Å²) in [6.45, 7) is 2.99. The van der Waals surface area contributed by atoms with Gasteiger partial charge < -0.3 is 15.7 Å². The summed E-state index contributed by atoms with van der Waals surface area (Å²) in [5.74, 6) is 0.416. The topological polar surface area (TPSA) is 68.1 Å². The average Bonchev–Trinajstić information content (AvgIpc) is 3.06. The molecule has 5 heteroatoms. The highest BCUT2D eigenvalue weighted by Gasteiger charge is 2.06. The van der Waals surface area contributed by atoms with E-state index in [0.29, 0.717) is 12.4 Å². The Labute approximate surface area is 135 Å². The van der Waals surface area contributed by atoms with Gasteiger partial charge in [0.2, 0.25) is 0 Å². The lowest BCUT2D eigenvalue weighted by molar-refractivity contribution is 0.234. The van der Waals surface area contributed by atoms with Gasteiger partial charge in [0.05, 0.1) is 11.5 Å². The van der Waals surface area contributed by atoms with E-state index in [9.17, 15) is 5.11 Å². The molecule has 0 saturated carbocycles. The first-order chi connectivity index (χ1) is 10.7. The van der Waals surface area contributed by atoms with Crippen molar-refractivity contribution in [2.24, 2.45) is 0 Å². The highest BCUT2D eigenvalue weighted by molar-refractivity contribution is 7.12. The van der Waals surface area contributed by atoms with E-state index < -0.39 is 0 Å². The lowest BCUT2D eigenvalue weighted by Crippen LogP contribution is -2.31. The molecule has 0 aliphatic rings. The van der Waals surface area contributed by atoms with Crippen LogP contribution in [0, 0.1) is 5.41 Å². The Kier molecular flexibility index (Phi) is 6.58. The van der Waals surface area contributed by atoms with Crippen LogP contribution in [0.1, 0.15) is 30.2 Å². The largest absolute Gasteiger partial charge is 0.395 e. The number of aliphatic hydroxyl groups excluding tert-OH is 1. The van der Waals surface area contributed by atoms with E-state index in [2.05, 4.69) is 17.6 Å². The summed E-state index contributed by atoms with van der Waals surface area (Å²) in [5.41, 5.74) is 2.05. The number of hydrogen-bond acceptors (Lipinski definition) is 4. The summed E-state index contributed by atoms with van der Waals surface area (Å²) >= 11 is 1.55. The molecule has 1 atom stereocenters. The summed E-state index contributed by atoms with van der Waals surface area (Å²) in [7, 11) is 0. The maximum Gasteiger partial charge on any atom is 0.140 e. The molecular formula is C17H23N3OS. The molecule has 4 nitrogen and oxygen atoms in total. The van der Waals surface area contributed by atoms with Crippen LogP contribution in [0.15, 0.2) is 41.8 Å². The highest BCUT2D eigenvalue weighted by atomic mass is 32.1. The van der Waals surface area contributed by atoms with Crippen LogP contribution < -0.4 is 10.6 Å². The predicted octanol–water partition coefficient (Wildman–Crippen LogP) is 3.44. The minimum atomic E-state index is 0.144. The van der Waals surface area contributed by atoms with Crippen LogP contribution in [-0.4, -0.2) is 23.6 Å². The van der Waals surface area contributed by atoms with Crippen LogP contribution in [0.3, 0.4) is 0 Å². The van der Waals surface area contributed by atoms with Gasteiger partial charge >= 0.3 is 0 Å². The fraction of sp³-hybridized carbons (Fsp3) is 0.353. The molecule has 1 aromatic carbocycles. The van der Waals surface area contributed by atoms with Crippen molar-refractivity contribution in [2.75, 3.05) is 11.9 Å². The Morgan fingerprint density at radius 3 is 2.86 bits per heavy atom. The van der Waals surface area contributed by atoms with E-state index in [1.54, 1.807) is 11.3 Å². The van der Waals surface area contributed by atoms with E-state index in [0.717, 1.165) is 29.0 Å². The molecule has 1 heterocycles. The van der Waals surface area contributed by atoms with E-state index >= 15 is 0 Å². The average molecular weight is 317 g/mol. The van der Waals surface area contributed by atoms with Gasteiger partial charge in [-0.15, -0.1) is 11.3 Å². The van der Waals surface area contributed by atoms with Crippen molar-refractivity contribution in [1.29, 1.82) is 5.41 Å². The van der Waals surface area contributed by atoms with Crippen molar-refractivity contribution in [3.05, 3.63) is 52.2 Å². The van der Waals surface area contributed by atoms with Crippen LogP contribution in [0.25, 0.3) is 0 Å². The SMILES string of the molecule is CCCC(CO)NCc1cccc(NC(=N)c2cccs2)c1. The van der Waals surface area contributed by atoms with Crippen LogP contribution in [0.5, 0.6) is 0 Å². The molecule has 2 aromatic rings. The molecule has 0 amide bonds. The normalized spacial score (nSPS) is 12.1. The zero-order valence-corrected chi connectivity index (χ0v) is 13.6. The fourth-order valence-corrected chi connectivity index (χ4v) is 2.88. The van der Waals surface area contributed by atoms with E-state index in [1.165, 1.54) is 0 Å². The summed E-state index contributed by atoms with van der Waals surface area (Å²) in [6, 6.07) is 12.0. The Bertz CT molecular complexity index is 583. The lowest BCUT2D eigenvalue weighted by Gasteiger charge is -2.16. The smallest absolute Gasteiger partial charge is 0.140 e. The van der Waals surface area contributed by atoms with Crippen molar-refractivity contribution in [3.8, 4) is 0 Å². The monoisotopic (exact) mass is 317 g/mol. The third-order valence-electron chi connectivity index (χ3n) is 3.42. The minimum absolute atomic E-state index is 0.144. The molecular weight excluding hydrogens is 294 g/mol. The van der Waals surface area contributed by atoms with Crippen LogP contribution in [0.4, 0.5) is 5.69 Å². The van der Waals surface area contributed by atoms with Gasteiger partial charge in [-0.25, -0.2) is 0 Å². The summed E-state index contributed by atoms with van der Waals surface area (Å²) < 4.78 is 0.